The normalized spacial score (nSPS) is 18.2. The Hall–Kier alpha value is -0.127. The van der Waals surface area contributed by atoms with Gasteiger partial charge in [0.15, 0.2) is 0 Å². The maximum Gasteiger partial charge on any atom is -1.00 e. The van der Waals surface area contributed by atoms with Crippen molar-refractivity contribution in [1.29, 1.82) is 0 Å². The maximum atomic E-state index is 2.36. The van der Waals surface area contributed by atoms with Crippen molar-refractivity contribution in [2.75, 3.05) is 0 Å². The SMILES string of the molecule is C/C=[C](/C)[Zr+]([C]1=CC=CC1)[C]1=CC=CC1.[Cl-]. The van der Waals surface area contributed by atoms with Gasteiger partial charge in [-0.15, -0.1) is 0 Å². The van der Waals surface area contributed by atoms with E-state index in [9.17, 15) is 0 Å². The molecule has 0 saturated heterocycles. The molecule has 0 atom stereocenters. The van der Waals surface area contributed by atoms with Crippen LogP contribution in [-0.4, -0.2) is 0 Å². The molecule has 0 aromatic carbocycles. The largest absolute Gasteiger partial charge is 1.00 e. The van der Waals surface area contributed by atoms with Crippen LogP contribution in [0.4, 0.5) is 0 Å². The van der Waals surface area contributed by atoms with Crippen molar-refractivity contribution in [2.24, 2.45) is 0 Å². The van der Waals surface area contributed by atoms with E-state index in [1.807, 2.05) is 0 Å². The Kier molecular flexibility index (Phi) is 5.72. The van der Waals surface area contributed by atoms with Gasteiger partial charge in [0, 0.05) is 0 Å². The number of hydrogen-bond donors (Lipinski definition) is 0. The molecule has 0 radical (unpaired) electrons. The molecule has 0 N–H and O–H groups in total. The number of halogens is 1. The van der Waals surface area contributed by atoms with E-state index in [1.54, 1.807) is 9.84 Å². The van der Waals surface area contributed by atoms with Crippen LogP contribution in [0.5, 0.6) is 0 Å². The summed E-state index contributed by atoms with van der Waals surface area (Å²) in [5, 5.41) is 0. The van der Waals surface area contributed by atoms with E-state index in [-0.39, 0.29) is 12.4 Å². The topological polar surface area (TPSA) is 0 Å². The molecule has 0 aromatic heterocycles. The summed E-state index contributed by atoms with van der Waals surface area (Å²) in [6.45, 7) is 4.51. The van der Waals surface area contributed by atoms with Crippen LogP contribution in [-0.2, 0) is 21.8 Å². The molecule has 0 saturated carbocycles. The fourth-order valence-electron chi connectivity index (χ4n) is 2.12. The van der Waals surface area contributed by atoms with Crippen LogP contribution in [0.2, 0.25) is 0 Å². The second kappa shape index (κ2) is 6.57. The van der Waals surface area contributed by atoms with E-state index >= 15 is 0 Å². The summed E-state index contributed by atoms with van der Waals surface area (Å²) in [5.41, 5.74) is 0. The smallest absolute Gasteiger partial charge is 1.00 e. The Morgan fingerprint density at radius 3 is 1.94 bits per heavy atom. The van der Waals surface area contributed by atoms with Gasteiger partial charge in [-0.1, -0.05) is 0 Å². The number of hydrogen-bond acceptors (Lipinski definition) is 0. The van der Waals surface area contributed by atoms with Gasteiger partial charge in [0.1, 0.15) is 0 Å². The third-order valence-corrected chi connectivity index (χ3v) is 10.6. The van der Waals surface area contributed by atoms with E-state index in [2.05, 4.69) is 56.4 Å². The van der Waals surface area contributed by atoms with Crippen molar-refractivity contribution >= 4 is 0 Å². The molecular weight excluding hydrogens is 295 g/mol. The molecule has 0 bridgehead atoms. The van der Waals surface area contributed by atoms with E-state index in [1.165, 1.54) is 12.8 Å². The summed E-state index contributed by atoms with van der Waals surface area (Å²) < 4.78 is 5.15. The van der Waals surface area contributed by atoms with E-state index in [0.29, 0.717) is 0 Å². The zero-order valence-electron chi connectivity index (χ0n) is 9.83. The molecule has 0 fully saturated rings. The van der Waals surface area contributed by atoms with Crippen LogP contribution < -0.4 is 12.4 Å². The molecule has 0 unspecified atom stereocenters. The zero-order chi connectivity index (χ0) is 10.7. The molecule has 84 valence electrons. The molecule has 16 heavy (non-hydrogen) atoms. The second-order valence-electron chi connectivity index (χ2n) is 4.00. The molecule has 0 nitrogen and oxygen atoms in total. The number of allylic oxidation sites excluding steroid dienone is 10. The van der Waals surface area contributed by atoms with E-state index in [4.69, 9.17) is 0 Å². The van der Waals surface area contributed by atoms with Gasteiger partial charge in [0.05, 0.1) is 0 Å². The Morgan fingerprint density at radius 2 is 1.62 bits per heavy atom. The quantitative estimate of drug-likeness (QED) is 0.735. The van der Waals surface area contributed by atoms with Gasteiger partial charge in [-0.05, 0) is 0 Å². The van der Waals surface area contributed by atoms with Crippen molar-refractivity contribution in [3.8, 4) is 0 Å². The van der Waals surface area contributed by atoms with Gasteiger partial charge >= 0.3 is 101 Å². The molecule has 2 heteroatoms. The standard InChI is InChI=1S/2C5H5.C4H7.ClH.Zr/c2*1-2-4-5-3-1;1-3-4-2;;/h2*1-3H,4H2;3H,1-2H3;1H;/q;;;;+1/p-1. The molecule has 0 spiro atoms. The van der Waals surface area contributed by atoms with Gasteiger partial charge in [-0.2, -0.15) is 0 Å². The second-order valence-corrected chi connectivity index (χ2v) is 10.9. The Labute approximate surface area is 113 Å². The van der Waals surface area contributed by atoms with Gasteiger partial charge in [-0.25, -0.2) is 0 Å². The first-order valence-corrected chi connectivity index (χ1v) is 9.24. The first-order valence-electron chi connectivity index (χ1n) is 5.55. The van der Waals surface area contributed by atoms with Crippen LogP contribution >= 0.6 is 0 Å². The minimum atomic E-state index is -1.61. The third-order valence-electron chi connectivity index (χ3n) is 3.01. The predicted octanol–water partition coefficient (Wildman–Crippen LogP) is 1.22. The van der Waals surface area contributed by atoms with Crippen LogP contribution in [0.3, 0.4) is 0 Å². The average molecular weight is 312 g/mol. The first kappa shape index (κ1) is 13.9. The van der Waals surface area contributed by atoms with Crippen molar-refractivity contribution in [2.45, 2.75) is 26.7 Å². The zero-order valence-corrected chi connectivity index (χ0v) is 13.0. The van der Waals surface area contributed by atoms with Crippen molar-refractivity contribution < 1.29 is 34.2 Å². The van der Waals surface area contributed by atoms with Crippen LogP contribution in [0.15, 0.2) is 52.4 Å². The summed E-state index contributed by atoms with van der Waals surface area (Å²) in [6.07, 6.45) is 18.5. The van der Waals surface area contributed by atoms with Gasteiger partial charge < -0.3 is 12.4 Å². The molecule has 0 heterocycles. The summed E-state index contributed by atoms with van der Waals surface area (Å²) in [7, 11) is 0. The fourth-order valence-corrected chi connectivity index (χ4v) is 9.21. The fraction of sp³-hybridized carbons (Fsp3) is 0.286. The summed E-state index contributed by atoms with van der Waals surface area (Å²) >= 11 is -1.61. The van der Waals surface area contributed by atoms with Crippen molar-refractivity contribution in [1.82, 2.24) is 0 Å². The Morgan fingerprint density at radius 1 is 1.12 bits per heavy atom. The van der Waals surface area contributed by atoms with Crippen molar-refractivity contribution in [3.63, 3.8) is 0 Å². The van der Waals surface area contributed by atoms with Crippen LogP contribution in [0, 0.1) is 0 Å². The molecule has 2 rings (SSSR count). The predicted molar refractivity (Wildman–Crippen MR) is 63.1 cm³/mol. The van der Waals surface area contributed by atoms with Crippen molar-refractivity contribution in [3.05, 3.63) is 52.4 Å². The molecule has 0 amide bonds. The van der Waals surface area contributed by atoms with Gasteiger partial charge in [0.2, 0.25) is 0 Å². The molecule has 0 aliphatic heterocycles. The summed E-state index contributed by atoms with van der Waals surface area (Å²) in [5.74, 6) is 0. The Balaban J connectivity index is 0.00000128. The minimum Gasteiger partial charge on any atom is -1.00 e. The molecular formula is C14H17ClZr. The summed E-state index contributed by atoms with van der Waals surface area (Å²) in [6, 6.07) is 0. The first-order chi connectivity index (χ1) is 7.33. The van der Waals surface area contributed by atoms with Crippen LogP contribution in [0.1, 0.15) is 26.7 Å². The average Bonchev–Trinajstić information content (AvgIpc) is 2.90. The third kappa shape index (κ3) is 2.96. The van der Waals surface area contributed by atoms with E-state index < -0.39 is 21.8 Å². The molecule has 0 aromatic rings. The minimum absolute atomic E-state index is 0. The van der Waals surface area contributed by atoms with Gasteiger partial charge in [0.25, 0.3) is 0 Å². The van der Waals surface area contributed by atoms with Crippen LogP contribution in [0.25, 0.3) is 0 Å². The maximum absolute atomic E-state index is 2.36. The van der Waals surface area contributed by atoms with E-state index in [0.717, 1.165) is 0 Å². The molecule has 2 aliphatic carbocycles. The number of rotatable bonds is 3. The Bertz CT molecular complexity index is 367. The molecule has 2 aliphatic rings. The monoisotopic (exact) mass is 310 g/mol. The summed E-state index contributed by atoms with van der Waals surface area (Å²) in [4.78, 5) is 0. The van der Waals surface area contributed by atoms with Gasteiger partial charge in [-0.3, -0.25) is 0 Å².